The lowest BCUT2D eigenvalue weighted by atomic mass is 9.50. The van der Waals surface area contributed by atoms with Crippen molar-refractivity contribution in [1.29, 1.82) is 0 Å². The molecule has 10 unspecified atom stereocenters. The number of aliphatic hydroxyl groups excluding tert-OH is 5. The number of aromatic nitrogens is 2. The number of carbonyl (C=O) groups excluding carboxylic acids is 2. The maximum Gasteiger partial charge on any atom is 0.261 e. The molecule has 15 rings (SSSR count). The summed E-state index contributed by atoms with van der Waals surface area (Å²) in [5, 5.41) is 81.1. The van der Waals surface area contributed by atoms with Crippen molar-refractivity contribution in [2.45, 2.75) is 145 Å². The molecule has 66 heavy (non-hydrogen) atoms. The van der Waals surface area contributed by atoms with E-state index in [1.807, 2.05) is 6.20 Å². The molecule has 5 fully saturated rings. The van der Waals surface area contributed by atoms with Crippen molar-refractivity contribution in [1.82, 2.24) is 9.97 Å². The highest BCUT2D eigenvalue weighted by atomic mass is 16.7. The van der Waals surface area contributed by atoms with Gasteiger partial charge in [-0.2, -0.15) is 0 Å². The fraction of sp³-hybridized carbons (Fsp3) is 0.528. The molecule has 13 nitrogen and oxygen atoms in total. The summed E-state index contributed by atoms with van der Waals surface area (Å²) < 4.78 is 14.5. The monoisotopic (exact) mass is 893 g/mol. The van der Waals surface area contributed by atoms with Crippen LogP contribution in [0.25, 0.3) is 16.3 Å². The summed E-state index contributed by atoms with van der Waals surface area (Å²) in [5.74, 6) is -4.04. The zero-order valence-corrected chi connectivity index (χ0v) is 37.0. The number of phenols is 1. The van der Waals surface area contributed by atoms with Crippen molar-refractivity contribution in [2.75, 3.05) is 11.9 Å². The van der Waals surface area contributed by atoms with Crippen LogP contribution in [-0.2, 0) is 4.74 Å². The first-order valence-corrected chi connectivity index (χ1v) is 24.3. The Morgan fingerprint density at radius 3 is 2.38 bits per heavy atom. The van der Waals surface area contributed by atoms with Crippen LogP contribution >= 0.6 is 0 Å². The van der Waals surface area contributed by atoms with E-state index in [-0.39, 0.29) is 57.0 Å². The van der Waals surface area contributed by atoms with E-state index in [0.717, 1.165) is 75.3 Å². The second-order valence-electron chi connectivity index (χ2n) is 22.5. The second-order valence-corrected chi connectivity index (χ2v) is 22.5. The molecule has 4 aromatic rings. The summed E-state index contributed by atoms with van der Waals surface area (Å²) in [6.45, 7) is 1.77. The predicted molar refractivity (Wildman–Crippen MR) is 240 cm³/mol. The number of pyridine rings is 1. The number of benzene rings is 2. The molecule has 6 spiro atoms. The molecule has 4 saturated carbocycles. The summed E-state index contributed by atoms with van der Waals surface area (Å²) in [5.41, 5.74) is -0.101. The number of nitrogens with zero attached hydrogens (tertiary/aromatic N) is 1. The molecule has 0 radical (unpaired) electrons. The lowest BCUT2D eigenvalue weighted by Crippen LogP contribution is -2.79. The van der Waals surface area contributed by atoms with E-state index in [2.05, 4.69) is 16.4 Å². The van der Waals surface area contributed by atoms with Gasteiger partial charge in [-0.05, 0) is 146 Å². The number of ketones is 2. The smallest absolute Gasteiger partial charge is 0.261 e. The predicted octanol–water partition coefficient (Wildman–Crippen LogP) is 6.39. The van der Waals surface area contributed by atoms with E-state index >= 15 is 4.79 Å². The quantitative estimate of drug-likeness (QED) is 0.0849. The van der Waals surface area contributed by atoms with Crippen molar-refractivity contribution in [2.24, 2.45) is 21.7 Å². The molecule has 2 aromatic carbocycles. The number of phenolic OH excluding ortho intramolecular Hbond substituents is 1. The van der Waals surface area contributed by atoms with Crippen molar-refractivity contribution >= 4 is 33.7 Å². The molecule has 10 atom stereocenters. The van der Waals surface area contributed by atoms with Crippen LogP contribution in [0.1, 0.15) is 144 Å². The first-order chi connectivity index (χ1) is 31.7. The number of anilines is 1. The van der Waals surface area contributed by atoms with Gasteiger partial charge in [0, 0.05) is 57.5 Å². The van der Waals surface area contributed by atoms with Gasteiger partial charge in [0.2, 0.25) is 5.78 Å². The minimum Gasteiger partial charge on any atom is -0.507 e. The second kappa shape index (κ2) is 12.8. The Kier molecular flexibility index (Phi) is 7.79. The standard InChI is InChI=1S/C53H55N3O10/c1-25-16-29-36(33(57)17-25)42(60)38-34-18-28-26(37(38)41(29)59)6-15-55-46(28)56-22-35(58)51-24-49(10-4-5-11-49)20-31(51)27-7-14-54-40(27)30-19-52(65-34)44(62)43(61)45(63)53(66-52)39(30)32(51)21-50(47(53)64)13-12-48(23-50)8-2-3-9-48/h6-7,14-19,31,35,43-45,47,54,57-58,61-64H,2-5,8-13,20-24H2,1H3,(H,55,56). The van der Waals surface area contributed by atoms with E-state index < -0.39 is 64.3 Å². The molecule has 8 bridgehead atoms. The van der Waals surface area contributed by atoms with Crippen LogP contribution in [0.5, 0.6) is 11.5 Å². The number of carbonyl (C=O) groups is 2. The van der Waals surface area contributed by atoms with Crippen molar-refractivity contribution < 1.29 is 49.7 Å². The third-order valence-corrected chi connectivity index (χ3v) is 19.3. The van der Waals surface area contributed by atoms with Gasteiger partial charge in [-0.3, -0.25) is 9.59 Å². The molecular weight excluding hydrogens is 839 g/mol. The lowest BCUT2D eigenvalue weighted by molar-refractivity contribution is -0.366. The molecule has 0 amide bonds. The molecule has 8 N–H and O–H groups in total. The Balaban J connectivity index is 1.11. The normalized spacial score (nSPS) is 38.4. The van der Waals surface area contributed by atoms with Crippen LogP contribution in [0.15, 0.2) is 59.9 Å². The van der Waals surface area contributed by atoms with Crippen molar-refractivity contribution in [3.05, 3.63) is 99.0 Å². The van der Waals surface area contributed by atoms with Gasteiger partial charge in [-0.1, -0.05) is 31.3 Å². The fourth-order valence-electron chi connectivity index (χ4n) is 16.7. The van der Waals surface area contributed by atoms with Crippen LogP contribution in [0, 0.1) is 28.6 Å². The van der Waals surface area contributed by atoms with Gasteiger partial charge in [0.25, 0.3) is 5.79 Å². The first kappa shape index (κ1) is 40.2. The molecular formula is C53H55N3O10. The van der Waals surface area contributed by atoms with Crippen LogP contribution < -0.4 is 10.1 Å². The molecule has 1 saturated heterocycles. The first-order valence-electron chi connectivity index (χ1n) is 24.3. The highest BCUT2D eigenvalue weighted by Gasteiger charge is 2.77. The average molecular weight is 894 g/mol. The molecule has 4 aliphatic heterocycles. The number of rotatable bonds is 0. The number of aryl methyl sites for hydroxylation is 1. The van der Waals surface area contributed by atoms with Gasteiger partial charge in [0.1, 0.15) is 29.5 Å². The van der Waals surface area contributed by atoms with Crippen molar-refractivity contribution in [3.8, 4) is 11.5 Å². The Morgan fingerprint density at radius 1 is 0.818 bits per heavy atom. The molecule has 11 aliphatic rings. The molecule has 13 heteroatoms. The zero-order chi connectivity index (χ0) is 45.1. The highest BCUT2D eigenvalue weighted by Crippen LogP contribution is 2.76. The number of aromatic hydroxyl groups is 1. The summed E-state index contributed by atoms with van der Waals surface area (Å²) >= 11 is 0. The summed E-state index contributed by atoms with van der Waals surface area (Å²) in [7, 11) is 0. The van der Waals surface area contributed by atoms with Gasteiger partial charge >= 0.3 is 0 Å². The maximum absolute atomic E-state index is 15.0. The number of ether oxygens (including phenoxy) is 2. The number of nitrogens with one attached hydrogen (secondary N) is 2. The van der Waals surface area contributed by atoms with Crippen LogP contribution in [0.2, 0.25) is 0 Å². The Bertz CT molecular complexity index is 2960. The molecule has 342 valence electrons. The Hall–Kier alpha value is -4.89. The van der Waals surface area contributed by atoms with Crippen LogP contribution in [0.3, 0.4) is 0 Å². The van der Waals surface area contributed by atoms with Gasteiger partial charge in [-0.25, -0.2) is 4.98 Å². The minimum absolute atomic E-state index is 0.00100. The van der Waals surface area contributed by atoms with Crippen LogP contribution in [0.4, 0.5) is 5.82 Å². The zero-order valence-electron chi connectivity index (χ0n) is 37.0. The van der Waals surface area contributed by atoms with Crippen molar-refractivity contribution in [3.63, 3.8) is 0 Å². The Labute approximate surface area is 380 Å². The average Bonchev–Trinajstić information content (AvgIpc) is 4.16. The van der Waals surface area contributed by atoms with Gasteiger partial charge in [0.05, 0.1) is 23.3 Å². The topological polar surface area (TPSA) is 215 Å². The van der Waals surface area contributed by atoms with Gasteiger partial charge in [0.15, 0.2) is 17.5 Å². The van der Waals surface area contributed by atoms with E-state index in [0.29, 0.717) is 64.7 Å². The molecule has 2 aromatic heterocycles. The van der Waals surface area contributed by atoms with Crippen LogP contribution in [-0.4, -0.2) is 101 Å². The number of hydrogen-bond donors (Lipinski definition) is 8. The highest BCUT2D eigenvalue weighted by molar-refractivity contribution is 6.34. The van der Waals surface area contributed by atoms with E-state index in [1.54, 1.807) is 37.4 Å². The van der Waals surface area contributed by atoms with Gasteiger partial charge in [-0.15, -0.1) is 0 Å². The summed E-state index contributed by atoms with van der Waals surface area (Å²) in [6, 6.07) is 8.30. The Morgan fingerprint density at radius 2 is 1.59 bits per heavy atom. The fourth-order valence-corrected chi connectivity index (χ4v) is 16.7. The number of aromatic amines is 1. The number of H-pyrrole nitrogens is 1. The number of fused-ring (bicyclic) bond motifs is 7. The van der Waals surface area contributed by atoms with E-state index in [9.17, 15) is 35.4 Å². The van der Waals surface area contributed by atoms with E-state index in [4.69, 9.17) is 14.5 Å². The number of aliphatic hydroxyl groups is 5. The molecule has 7 aliphatic carbocycles. The lowest BCUT2D eigenvalue weighted by Gasteiger charge is -2.64. The summed E-state index contributed by atoms with van der Waals surface area (Å²) in [6.07, 6.45) is 9.47. The third-order valence-electron chi connectivity index (χ3n) is 19.3. The largest absolute Gasteiger partial charge is 0.507 e. The van der Waals surface area contributed by atoms with E-state index in [1.165, 1.54) is 6.07 Å². The maximum atomic E-state index is 15.0. The minimum atomic E-state index is -2.38. The summed E-state index contributed by atoms with van der Waals surface area (Å²) in [4.78, 5) is 38.3. The van der Waals surface area contributed by atoms with Gasteiger partial charge < -0.3 is 50.4 Å². The molecule has 6 heterocycles. The number of hydrogen-bond acceptors (Lipinski definition) is 12. The SMILES string of the molecule is Cc1cc(O)c2c(c1)C(=O)c1c(c3cc4c(nccc14)NCC(O)C14CC5(CCCC5)CC1c1cc[nH]c1C1=CC5(O3)OC3(C1=C4CC1(CCC4(CCCC4)C1)C3O)C(O)C(O)C5O)C2=O. The third kappa shape index (κ3) is 4.65.